The molecule has 0 saturated carbocycles. The number of nitrogens with one attached hydrogen (secondary N) is 1. The third-order valence-corrected chi connectivity index (χ3v) is 6.38. The van der Waals surface area contributed by atoms with Gasteiger partial charge in [-0.25, -0.2) is 8.42 Å². The largest absolute Gasteiger partial charge is 0.280 e. The van der Waals surface area contributed by atoms with E-state index in [0.717, 1.165) is 27.2 Å². The second-order valence-corrected chi connectivity index (χ2v) is 8.57. The Morgan fingerprint density at radius 3 is 2.30 bits per heavy atom. The molecule has 1 aliphatic rings. The van der Waals surface area contributed by atoms with Crippen LogP contribution in [0.5, 0.6) is 0 Å². The summed E-state index contributed by atoms with van der Waals surface area (Å²) in [6, 6.07) is 16.9. The lowest BCUT2D eigenvalue weighted by atomic mass is 10.1. The molecule has 3 nitrogen and oxygen atoms in total. The van der Waals surface area contributed by atoms with E-state index in [1.165, 1.54) is 11.1 Å². The van der Waals surface area contributed by atoms with Crippen LogP contribution in [0.25, 0.3) is 10.8 Å². The Morgan fingerprint density at radius 1 is 0.870 bits per heavy atom. The molecule has 0 heterocycles. The van der Waals surface area contributed by atoms with Crippen molar-refractivity contribution in [3.63, 3.8) is 0 Å². The predicted molar refractivity (Wildman–Crippen MR) is 101 cm³/mol. The van der Waals surface area contributed by atoms with Crippen LogP contribution in [0.15, 0.2) is 59.5 Å². The molecule has 116 valence electrons. The smallest absolute Gasteiger partial charge is 0.262 e. The van der Waals surface area contributed by atoms with E-state index in [1.807, 2.05) is 30.3 Å². The zero-order valence-corrected chi connectivity index (χ0v) is 15.2. The Kier molecular flexibility index (Phi) is 3.57. The lowest BCUT2D eigenvalue weighted by Crippen LogP contribution is -2.13. The van der Waals surface area contributed by atoms with Gasteiger partial charge in [-0.1, -0.05) is 24.3 Å². The maximum atomic E-state index is 12.8. The van der Waals surface area contributed by atoms with E-state index < -0.39 is 10.0 Å². The Hall–Kier alpha value is -1.60. The summed E-state index contributed by atoms with van der Waals surface area (Å²) in [5, 5.41) is 1.92. The van der Waals surface area contributed by atoms with E-state index in [-0.39, 0.29) is 0 Å². The van der Waals surface area contributed by atoms with Gasteiger partial charge in [0.15, 0.2) is 0 Å². The summed E-state index contributed by atoms with van der Waals surface area (Å²) in [5.41, 5.74) is 3.06. The molecule has 0 atom stereocenters. The average molecular weight is 435 g/mol. The van der Waals surface area contributed by atoms with E-state index in [1.54, 1.807) is 18.2 Å². The molecule has 0 amide bonds. The molecule has 0 bridgehead atoms. The minimum Gasteiger partial charge on any atom is -0.280 e. The van der Waals surface area contributed by atoms with Gasteiger partial charge in [-0.2, -0.15) is 0 Å². The van der Waals surface area contributed by atoms with E-state index in [9.17, 15) is 8.42 Å². The van der Waals surface area contributed by atoms with Gasteiger partial charge in [0.2, 0.25) is 0 Å². The van der Waals surface area contributed by atoms with Gasteiger partial charge >= 0.3 is 0 Å². The van der Waals surface area contributed by atoms with Gasteiger partial charge in [-0.3, -0.25) is 4.72 Å². The number of benzene rings is 3. The average Bonchev–Trinajstić information content (AvgIpc) is 2.95. The van der Waals surface area contributed by atoms with Crippen molar-refractivity contribution >= 4 is 49.1 Å². The molecule has 0 radical (unpaired) electrons. The SMILES string of the molecule is O=S(=O)(Nc1ccc(I)cc1)c1ccc2c3c(cccc13)CC2. The summed E-state index contributed by atoms with van der Waals surface area (Å²) < 4.78 is 29.4. The van der Waals surface area contributed by atoms with Gasteiger partial charge in [-0.05, 0) is 82.3 Å². The number of anilines is 1. The van der Waals surface area contributed by atoms with Crippen molar-refractivity contribution in [2.45, 2.75) is 17.7 Å². The number of halogens is 1. The summed E-state index contributed by atoms with van der Waals surface area (Å²) in [4.78, 5) is 0.346. The highest BCUT2D eigenvalue weighted by Gasteiger charge is 2.22. The molecule has 1 N–H and O–H groups in total. The first-order chi connectivity index (χ1) is 11.0. The quantitative estimate of drug-likeness (QED) is 0.623. The van der Waals surface area contributed by atoms with Gasteiger partial charge in [0, 0.05) is 14.6 Å². The molecule has 0 spiro atoms. The fraction of sp³-hybridized carbons (Fsp3) is 0.111. The van der Waals surface area contributed by atoms with Gasteiger partial charge < -0.3 is 0 Å². The molecule has 0 fully saturated rings. The predicted octanol–water partition coefficient (Wildman–Crippen LogP) is 4.34. The summed E-state index contributed by atoms with van der Waals surface area (Å²) in [7, 11) is -3.61. The second-order valence-electron chi connectivity index (χ2n) is 5.67. The number of rotatable bonds is 3. The summed E-state index contributed by atoms with van der Waals surface area (Å²) in [6.07, 6.45) is 1.97. The topological polar surface area (TPSA) is 46.2 Å². The minimum atomic E-state index is -3.61. The van der Waals surface area contributed by atoms with Gasteiger partial charge in [0.05, 0.1) is 4.90 Å². The van der Waals surface area contributed by atoms with Crippen LogP contribution in [0, 0.1) is 3.57 Å². The van der Waals surface area contributed by atoms with E-state index in [2.05, 4.69) is 33.4 Å². The lowest BCUT2D eigenvalue weighted by Gasteiger charge is -2.12. The molecule has 5 heteroatoms. The van der Waals surface area contributed by atoms with Crippen LogP contribution in [-0.4, -0.2) is 8.42 Å². The Bertz CT molecular complexity index is 1000. The zero-order valence-electron chi connectivity index (χ0n) is 12.2. The number of hydrogen-bond donors (Lipinski definition) is 1. The van der Waals surface area contributed by atoms with Crippen LogP contribution < -0.4 is 4.72 Å². The van der Waals surface area contributed by atoms with E-state index >= 15 is 0 Å². The van der Waals surface area contributed by atoms with Crippen molar-refractivity contribution in [3.05, 3.63) is 69.3 Å². The molecule has 4 rings (SSSR count). The molecule has 0 saturated heterocycles. The standard InChI is InChI=1S/C18H14INO2S/c19-14-7-9-15(10-8-14)20-23(21,22)17-11-6-13-5-4-12-2-1-3-16(17)18(12)13/h1-3,6-11,20H,4-5H2. The highest BCUT2D eigenvalue weighted by atomic mass is 127. The van der Waals surface area contributed by atoms with Gasteiger partial charge in [0.25, 0.3) is 10.0 Å². The third kappa shape index (κ3) is 2.61. The molecule has 0 aliphatic heterocycles. The number of sulfonamides is 1. The highest BCUT2D eigenvalue weighted by molar-refractivity contribution is 14.1. The molecule has 23 heavy (non-hydrogen) atoms. The van der Waals surface area contributed by atoms with Crippen molar-refractivity contribution in [1.29, 1.82) is 0 Å². The normalized spacial score (nSPS) is 13.4. The zero-order chi connectivity index (χ0) is 16.0. The molecule has 0 unspecified atom stereocenters. The molecule has 1 aliphatic carbocycles. The van der Waals surface area contributed by atoms with E-state index in [4.69, 9.17) is 0 Å². The van der Waals surface area contributed by atoms with Gasteiger partial charge in [0.1, 0.15) is 0 Å². The highest BCUT2D eigenvalue weighted by Crippen LogP contribution is 2.35. The number of hydrogen-bond acceptors (Lipinski definition) is 2. The Morgan fingerprint density at radius 2 is 1.57 bits per heavy atom. The summed E-state index contributed by atoms with van der Waals surface area (Å²) in [6.45, 7) is 0. The van der Waals surface area contributed by atoms with E-state index in [0.29, 0.717) is 10.6 Å². The molecule has 0 aromatic heterocycles. The van der Waals surface area contributed by atoms with Crippen molar-refractivity contribution in [2.24, 2.45) is 0 Å². The first-order valence-corrected chi connectivity index (χ1v) is 9.93. The van der Waals surface area contributed by atoms with Crippen LogP contribution in [0.1, 0.15) is 11.1 Å². The molecular formula is C18H14INO2S. The lowest BCUT2D eigenvalue weighted by molar-refractivity contribution is 0.602. The first kappa shape index (κ1) is 15.0. The van der Waals surface area contributed by atoms with Crippen molar-refractivity contribution in [3.8, 4) is 0 Å². The van der Waals surface area contributed by atoms with Crippen LogP contribution in [-0.2, 0) is 22.9 Å². The monoisotopic (exact) mass is 435 g/mol. The van der Waals surface area contributed by atoms with Crippen LogP contribution in [0.2, 0.25) is 0 Å². The summed E-state index contributed by atoms with van der Waals surface area (Å²) in [5.74, 6) is 0. The Balaban J connectivity index is 1.84. The van der Waals surface area contributed by atoms with Crippen LogP contribution in [0.4, 0.5) is 5.69 Å². The number of aryl methyl sites for hydroxylation is 2. The fourth-order valence-electron chi connectivity index (χ4n) is 3.18. The maximum absolute atomic E-state index is 12.8. The molecule has 3 aromatic carbocycles. The third-order valence-electron chi connectivity index (χ3n) is 4.22. The van der Waals surface area contributed by atoms with Gasteiger partial charge in [-0.15, -0.1) is 0 Å². The van der Waals surface area contributed by atoms with Crippen molar-refractivity contribution in [1.82, 2.24) is 0 Å². The summed E-state index contributed by atoms with van der Waals surface area (Å²) >= 11 is 2.19. The van der Waals surface area contributed by atoms with Crippen molar-refractivity contribution in [2.75, 3.05) is 4.72 Å². The Labute approximate surface area is 148 Å². The van der Waals surface area contributed by atoms with Crippen LogP contribution >= 0.6 is 22.6 Å². The first-order valence-electron chi connectivity index (χ1n) is 7.36. The molecule has 3 aromatic rings. The fourth-order valence-corrected chi connectivity index (χ4v) is 4.81. The minimum absolute atomic E-state index is 0.346. The van der Waals surface area contributed by atoms with Crippen molar-refractivity contribution < 1.29 is 8.42 Å². The maximum Gasteiger partial charge on any atom is 0.262 e. The molecular weight excluding hydrogens is 421 g/mol. The second kappa shape index (κ2) is 5.49. The van der Waals surface area contributed by atoms with Crippen LogP contribution in [0.3, 0.4) is 0 Å².